The molecule has 0 unspecified atom stereocenters. The zero-order chi connectivity index (χ0) is 10.7. The van der Waals surface area contributed by atoms with E-state index >= 15 is 0 Å². The van der Waals surface area contributed by atoms with Crippen LogP contribution < -0.4 is 5.56 Å². The van der Waals surface area contributed by atoms with Crippen LogP contribution in [-0.2, 0) is 6.42 Å². The zero-order valence-electron chi connectivity index (χ0n) is 8.92. The fourth-order valence-corrected chi connectivity index (χ4v) is 1.75. The summed E-state index contributed by atoms with van der Waals surface area (Å²) in [5.41, 5.74) is 1.88. The van der Waals surface area contributed by atoms with Gasteiger partial charge in [-0.25, -0.2) is 0 Å². The van der Waals surface area contributed by atoms with Gasteiger partial charge in [-0.05, 0) is 30.4 Å². The smallest absolute Gasteiger partial charge is 0.251 e. The number of pyridine rings is 1. The number of aromatic amines is 1. The molecule has 0 fully saturated rings. The van der Waals surface area contributed by atoms with Crippen LogP contribution in [0.25, 0.3) is 10.9 Å². The molecule has 2 nitrogen and oxygen atoms in total. The van der Waals surface area contributed by atoms with Crippen molar-refractivity contribution in [3.8, 4) is 0 Å². The molecule has 1 aromatic heterocycles. The van der Waals surface area contributed by atoms with Crippen molar-refractivity contribution in [2.24, 2.45) is 0 Å². The van der Waals surface area contributed by atoms with Crippen molar-refractivity contribution < 1.29 is 0 Å². The second-order valence-corrected chi connectivity index (χ2v) is 3.81. The van der Waals surface area contributed by atoms with E-state index in [0.29, 0.717) is 0 Å². The molecule has 0 aliphatic heterocycles. The van der Waals surface area contributed by atoms with Gasteiger partial charge in [-0.3, -0.25) is 4.79 Å². The maximum absolute atomic E-state index is 11.7. The van der Waals surface area contributed by atoms with Gasteiger partial charge in [0.25, 0.3) is 5.56 Å². The highest BCUT2D eigenvalue weighted by molar-refractivity contribution is 5.78. The van der Waals surface area contributed by atoms with Crippen LogP contribution in [0.1, 0.15) is 25.3 Å². The first-order valence-electron chi connectivity index (χ1n) is 5.42. The van der Waals surface area contributed by atoms with Crippen molar-refractivity contribution in [3.05, 3.63) is 46.2 Å². The first-order chi connectivity index (χ1) is 7.31. The summed E-state index contributed by atoms with van der Waals surface area (Å²) in [4.78, 5) is 14.6. The predicted octanol–water partition coefficient (Wildman–Crippen LogP) is 2.87. The van der Waals surface area contributed by atoms with Gasteiger partial charge in [-0.1, -0.05) is 31.5 Å². The molecule has 1 heterocycles. The molecule has 0 amide bonds. The molecule has 0 spiro atoms. The summed E-state index contributed by atoms with van der Waals surface area (Å²) >= 11 is 0. The highest BCUT2D eigenvalue weighted by Crippen LogP contribution is 2.11. The van der Waals surface area contributed by atoms with Gasteiger partial charge in [0, 0.05) is 11.1 Å². The van der Waals surface area contributed by atoms with Crippen molar-refractivity contribution >= 4 is 10.9 Å². The summed E-state index contributed by atoms with van der Waals surface area (Å²) in [6.07, 6.45) is 3.06. The summed E-state index contributed by atoms with van der Waals surface area (Å²) in [6.45, 7) is 2.13. The third-order valence-corrected chi connectivity index (χ3v) is 2.63. The lowest BCUT2D eigenvalue weighted by Gasteiger charge is -2.01. The topological polar surface area (TPSA) is 32.9 Å². The molecule has 1 N–H and O–H groups in total. The Morgan fingerprint density at radius 3 is 2.87 bits per heavy atom. The van der Waals surface area contributed by atoms with Gasteiger partial charge >= 0.3 is 0 Å². The molecular weight excluding hydrogens is 186 g/mol. The Morgan fingerprint density at radius 1 is 1.27 bits per heavy atom. The fourth-order valence-electron chi connectivity index (χ4n) is 1.75. The van der Waals surface area contributed by atoms with E-state index in [1.165, 1.54) is 0 Å². The Labute approximate surface area is 89.0 Å². The largest absolute Gasteiger partial charge is 0.322 e. The molecule has 0 atom stereocenters. The van der Waals surface area contributed by atoms with Gasteiger partial charge in [0.2, 0.25) is 0 Å². The number of H-pyrrole nitrogens is 1. The highest BCUT2D eigenvalue weighted by Gasteiger charge is 2.01. The van der Waals surface area contributed by atoms with Gasteiger partial charge < -0.3 is 4.98 Å². The van der Waals surface area contributed by atoms with Crippen LogP contribution >= 0.6 is 0 Å². The molecule has 0 aliphatic carbocycles. The van der Waals surface area contributed by atoms with Crippen molar-refractivity contribution in [1.82, 2.24) is 4.98 Å². The first-order valence-corrected chi connectivity index (χ1v) is 5.42. The molecule has 0 bridgehead atoms. The Bertz CT molecular complexity index is 513. The van der Waals surface area contributed by atoms with E-state index in [2.05, 4.69) is 11.9 Å². The van der Waals surface area contributed by atoms with E-state index in [1.807, 2.05) is 30.3 Å². The second kappa shape index (κ2) is 4.30. The number of unbranched alkanes of at least 4 members (excludes halogenated alkanes) is 1. The van der Waals surface area contributed by atoms with Crippen LogP contribution in [0.2, 0.25) is 0 Å². The molecule has 0 radical (unpaired) electrons. The van der Waals surface area contributed by atoms with Crippen LogP contribution in [0.3, 0.4) is 0 Å². The lowest BCUT2D eigenvalue weighted by molar-refractivity contribution is 0.788. The molecule has 2 aromatic rings. The Balaban J connectivity index is 2.48. The maximum Gasteiger partial charge on any atom is 0.251 e. The molecule has 1 aromatic carbocycles. The van der Waals surface area contributed by atoms with Gasteiger partial charge in [0.05, 0.1) is 0 Å². The number of hydrogen-bond acceptors (Lipinski definition) is 1. The number of fused-ring (bicyclic) bond motifs is 1. The van der Waals surface area contributed by atoms with Crippen molar-refractivity contribution in [2.45, 2.75) is 26.2 Å². The van der Waals surface area contributed by atoms with Gasteiger partial charge in [0.1, 0.15) is 0 Å². The molecule has 2 heteroatoms. The third-order valence-electron chi connectivity index (χ3n) is 2.63. The van der Waals surface area contributed by atoms with Gasteiger partial charge in [-0.2, -0.15) is 0 Å². The van der Waals surface area contributed by atoms with Crippen LogP contribution in [0.15, 0.2) is 35.1 Å². The quantitative estimate of drug-likeness (QED) is 0.813. The van der Waals surface area contributed by atoms with E-state index in [1.54, 1.807) is 0 Å². The molecule has 78 valence electrons. The molecule has 0 aliphatic rings. The first kappa shape index (κ1) is 9.97. The number of para-hydroxylation sites is 1. The predicted molar refractivity (Wildman–Crippen MR) is 63.2 cm³/mol. The summed E-state index contributed by atoms with van der Waals surface area (Å²) in [7, 11) is 0. The van der Waals surface area contributed by atoms with Gasteiger partial charge in [0.15, 0.2) is 0 Å². The Kier molecular flexibility index (Phi) is 2.86. The Hall–Kier alpha value is -1.57. The van der Waals surface area contributed by atoms with E-state index in [-0.39, 0.29) is 5.56 Å². The lowest BCUT2D eigenvalue weighted by atomic mass is 10.1. The van der Waals surface area contributed by atoms with Gasteiger partial charge in [-0.15, -0.1) is 0 Å². The molecule has 0 saturated heterocycles. The molecule has 15 heavy (non-hydrogen) atoms. The minimum Gasteiger partial charge on any atom is -0.322 e. The summed E-state index contributed by atoms with van der Waals surface area (Å²) < 4.78 is 0. The van der Waals surface area contributed by atoms with Crippen LogP contribution in [0, 0.1) is 0 Å². The average Bonchev–Trinajstić information content (AvgIpc) is 2.26. The highest BCUT2D eigenvalue weighted by atomic mass is 16.1. The molecule has 0 saturated carbocycles. The number of hydrogen-bond donors (Lipinski definition) is 1. The number of rotatable bonds is 3. The minimum absolute atomic E-state index is 0.0575. The SMILES string of the molecule is CCCCc1cc2ccccc2[nH]c1=O. The normalized spacial score (nSPS) is 10.7. The summed E-state index contributed by atoms with van der Waals surface area (Å²) in [6, 6.07) is 9.89. The van der Waals surface area contributed by atoms with E-state index in [0.717, 1.165) is 35.7 Å². The van der Waals surface area contributed by atoms with E-state index in [4.69, 9.17) is 0 Å². The van der Waals surface area contributed by atoms with Crippen LogP contribution in [0.4, 0.5) is 0 Å². The second-order valence-electron chi connectivity index (χ2n) is 3.81. The van der Waals surface area contributed by atoms with Crippen molar-refractivity contribution in [2.75, 3.05) is 0 Å². The van der Waals surface area contributed by atoms with Crippen LogP contribution in [0.5, 0.6) is 0 Å². The van der Waals surface area contributed by atoms with Crippen molar-refractivity contribution in [1.29, 1.82) is 0 Å². The number of benzene rings is 1. The van der Waals surface area contributed by atoms with Crippen molar-refractivity contribution in [3.63, 3.8) is 0 Å². The van der Waals surface area contributed by atoms with E-state index in [9.17, 15) is 4.79 Å². The van der Waals surface area contributed by atoms with Crippen LogP contribution in [-0.4, -0.2) is 4.98 Å². The summed E-state index contributed by atoms with van der Waals surface area (Å²) in [5, 5.41) is 1.11. The minimum atomic E-state index is 0.0575. The average molecular weight is 201 g/mol. The zero-order valence-corrected chi connectivity index (χ0v) is 8.92. The third kappa shape index (κ3) is 2.09. The monoisotopic (exact) mass is 201 g/mol. The van der Waals surface area contributed by atoms with E-state index < -0.39 is 0 Å². The maximum atomic E-state index is 11.7. The lowest BCUT2D eigenvalue weighted by Crippen LogP contribution is -2.11. The molecule has 2 rings (SSSR count). The molecular formula is C13H15NO. The number of aryl methyl sites for hydroxylation is 1. The fraction of sp³-hybridized carbons (Fsp3) is 0.308. The summed E-state index contributed by atoms with van der Waals surface area (Å²) in [5.74, 6) is 0. The number of aromatic nitrogens is 1. The Morgan fingerprint density at radius 2 is 2.07 bits per heavy atom. The number of nitrogens with one attached hydrogen (secondary N) is 1. The standard InChI is InChI=1S/C13H15NO/c1-2-3-6-11-9-10-7-4-5-8-12(10)14-13(11)15/h4-5,7-9H,2-3,6H2,1H3,(H,14,15).